The summed E-state index contributed by atoms with van der Waals surface area (Å²) >= 11 is 1.48. The molecular weight excluding hydrogens is 380 g/mol. The van der Waals surface area contributed by atoms with Gasteiger partial charge in [-0.15, -0.1) is 11.3 Å². The van der Waals surface area contributed by atoms with Crippen molar-refractivity contribution in [3.63, 3.8) is 0 Å². The largest absolute Gasteiger partial charge is 0.465 e. The van der Waals surface area contributed by atoms with Gasteiger partial charge in [-0.25, -0.2) is 4.79 Å². The van der Waals surface area contributed by atoms with Crippen LogP contribution in [0.25, 0.3) is 21.6 Å². The number of ether oxygens (including phenoxy) is 1. The third-order valence-electron chi connectivity index (χ3n) is 4.65. The first-order valence-corrected chi connectivity index (χ1v) is 9.97. The van der Waals surface area contributed by atoms with E-state index in [2.05, 4.69) is 0 Å². The maximum atomic E-state index is 13.2. The predicted octanol–water partition coefficient (Wildman–Crippen LogP) is 6.10. The van der Waals surface area contributed by atoms with E-state index in [-0.39, 0.29) is 11.8 Å². The van der Waals surface area contributed by atoms with E-state index in [1.54, 1.807) is 12.1 Å². The summed E-state index contributed by atoms with van der Waals surface area (Å²) in [7, 11) is 1.36. The molecule has 0 N–H and O–H groups in total. The minimum atomic E-state index is -0.382. The lowest BCUT2D eigenvalue weighted by molar-refractivity contribution is 0.0600. The summed E-state index contributed by atoms with van der Waals surface area (Å²) in [5, 5.41) is 0. The van der Waals surface area contributed by atoms with Crippen LogP contribution in [-0.2, 0) is 4.74 Å². The van der Waals surface area contributed by atoms with Gasteiger partial charge in [0.15, 0.2) is 0 Å². The third kappa shape index (κ3) is 3.89. The maximum absolute atomic E-state index is 13.2. The average Bonchev–Trinajstić information content (AvgIpc) is 3.25. The van der Waals surface area contributed by atoms with Gasteiger partial charge in [0.25, 0.3) is 0 Å². The first-order chi connectivity index (χ1) is 14.2. The number of rotatable bonds is 5. The van der Waals surface area contributed by atoms with Crippen LogP contribution in [0.2, 0.25) is 0 Å². The second-order valence-electron chi connectivity index (χ2n) is 6.48. The summed E-state index contributed by atoms with van der Waals surface area (Å²) in [5.74, 6) is -0.391. The SMILES string of the molecule is COC(=O)c1ccc(-c2cc(-c3ccccc3)sc2C(=O)c2ccccc2)cc1. The molecule has 0 saturated carbocycles. The molecule has 4 aromatic rings. The van der Waals surface area contributed by atoms with Gasteiger partial charge >= 0.3 is 5.97 Å². The highest BCUT2D eigenvalue weighted by atomic mass is 32.1. The number of methoxy groups -OCH3 is 1. The first-order valence-electron chi connectivity index (χ1n) is 9.15. The Kier molecular flexibility index (Phi) is 5.36. The Labute approximate surface area is 173 Å². The highest BCUT2D eigenvalue weighted by molar-refractivity contribution is 7.18. The van der Waals surface area contributed by atoms with Crippen molar-refractivity contribution in [1.29, 1.82) is 0 Å². The number of benzene rings is 3. The van der Waals surface area contributed by atoms with E-state index in [0.29, 0.717) is 16.0 Å². The molecule has 0 fully saturated rings. The molecule has 1 heterocycles. The maximum Gasteiger partial charge on any atom is 0.337 e. The third-order valence-corrected chi connectivity index (χ3v) is 5.83. The van der Waals surface area contributed by atoms with E-state index in [9.17, 15) is 9.59 Å². The number of hydrogen-bond acceptors (Lipinski definition) is 4. The van der Waals surface area contributed by atoms with Gasteiger partial charge in [-0.2, -0.15) is 0 Å². The fourth-order valence-electron chi connectivity index (χ4n) is 3.14. The van der Waals surface area contributed by atoms with Gasteiger partial charge in [0, 0.05) is 16.0 Å². The molecule has 3 nitrogen and oxygen atoms in total. The Hall–Kier alpha value is -3.50. The second kappa shape index (κ2) is 8.25. The van der Waals surface area contributed by atoms with Crippen molar-refractivity contribution in [2.24, 2.45) is 0 Å². The van der Waals surface area contributed by atoms with Crippen molar-refractivity contribution < 1.29 is 14.3 Å². The number of hydrogen-bond donors (Lipinski definition) is 0. The van der Waals surface area contributed by atoms with E-state index in [1.807, 2.05) is 78.9 Å². The number of esters is 1. The lowest BCUT2D eigenvalue weighted by Gasteiger charge is -2.05. The molecular formula is C25H18O3S. The molecule has 29 heavy (non-hydrogen) atoms. The molecule has 0 atom stereocenters. The molecule has 0 bridgehead atoms. The molecule has 0 aliphatic heterocycles. The number of ketones is 1. The smallest absolute Gasteiger partial charge is 0.337 e. The molecule has 0 unspecified atom stereocenters. The molecule has 0 aliphatic rings. The predicted molar refractivity (Wildman–Crippen MR) is 116 cm³/mol. The van der Waals surface area contributed by atoms with Gasteiger partial charge in [0.05, 0.1) is 17.6 Å². The minimum Gasteiger partial charge on any atom is -0.465 e. The van der Waals surface area contributed by atoms with Crippen molar-refractivity contribution in [2.75, 3.05) is 7.11 Å². The number of carbonyl (C=O) groups excluding carboxylic acids is 2. The molecule has 0 radical (unpaired) electrons. The van der Waals surface area contributed by atoms with Gasteiger partial charge < -0.3 is 4.74 Å². The van der Waals surface area contributed by atoms with E-state index in [4.69, 9.17) is 4.74 Å². The zero-order valence-corrected chi connectivity index (χ0v) is 16.6. The zero-order valence-electron chi connectivity index (χ0n) is 15.8. The fourth-order valence-corrected chi connectivity index (χ4v) is 4.29. The van der Waals surface area contributed by atoms with Crippen LogP contribution in [-0.4, -0.2) is 18.9 Å². The monoisotopic (exact) mass is 398 g/mol. The molecule has 4 rings (SSSR count). The molecule has 1 aromatic heterocycles. The lowest BCUT2D eigenvalue weighted by atomic mass is 9.99. The molecule has 0 saturated heterocycles. The Morgan fingerprint density at radius 3 is 1.97 bits per heavy atom. The first kappa shape index (κ1) is 18.8. The quantitative estimate of drug-likeness (QED) is 0.301. The van der Waals surface area contributed by atoms with Crippen molar-refractivity contribution in [3.8, 4) is 21.6 Å². The Morgan fingerprint density at radius 1 is 0.724 bits per heavy atom. The topological polar surface area (TPSA) is 43.4 Å². The average molecular weight is 398 g/mol. The van der Waals surface area contributed by atoms with E-state index in [0.717, 1.165) is 21.6 Å². The van der Waals surface area contributed by atoms with Crippen molar-refractivity contribution in [3.05, 3.63) is 107 Å². The number of carbonyl (C=O) groups is 2. The summed E-state index contributed by atoms with van der Waals surface area (Å²) in [6.45, 7) is 0. The van der Waals surface area contributed by atoms with Gasteiger partial charge in [0.1, 0.15) is 0 Å². The normalized spacial score (nSPS) is 10.5. The van der Waals surface area contributed by atoms with E-state index < -0.39 is 0 Å². The van der Waals surface area contributed by atoms with E-state index >= 15 is 0 Å². The Morgan fingerprint density at radius 2 is 1.34 bits per heavy atom. The van der Waals surface area contributed by atoms with Crippen LogP contribution in [0.15, 0.2) is 91.0 Å². The van der Waals surface area contributed by atoms with Crippen LogP contribution < -0.4 is 0 Å². The molecule has 0 spiro atoms. The summed E-state index contributed by atoms with van der Waals surface area (Å²) < 4.78 is 4.77. The molecule has 4 heteroatoms. The molecule has 3 aromatic carbocycles. The summed E-state index contributed by atoms with van der Waals surface area (Å²) in [5.41, 5.74) is 3.94. The Bertz CT molecular complexity index is 1140. The van der Waals surface area contributed by atoms with Gasteiger partial charge in [-0.05, 0) is 29.3 Å². The van der Waals surface area contributed by atoms with Crippen LogP contribution >= 0.6 is 11.3 Å². The molecule has 0 aliphatic carbocycles. The van der Waals surface area contributed by atoms with Crippen LogP contribution in [0.1, 0.15) is 25.6 Å². The lowest BCUT2D eigenvalue weighted by Crippen LogP contribution is -2.01. The van der Waals surface area contributed by atoms with Crippen LogP contribution in [0.4, 0.5) is 0 Å². The zero-order chi connectivity index (χ0) is 20.2. The Balaban J connectivity index is 1.82. The van der Waals surface area contributed by atoms with Crippen molar-refractivity contribution in [2.45, 2.75) is 0 Å². The minimum absolute atomic E-state index is 0.00942. The molecule has 142 valence electrons. The van der Waals surface area contributed by atoms with Gasteiger partial charge in [-0.1, -0.05) is 72.8 Å². The van der Waals surface area contributed by atoms with Gasteiger partial charge in [-0.3, -0.25) is 4.79 Å². The number of thiophene rings is 1. The standard InChI is InChI=1S/C25H18O3S/c1-28-25(27)20-14-12-17(13-15-20)21-16-22(18-8-4-2-5-9-18)29-24(21)23(26)19-10-6-3-7-11-19/h2-16H,1H3. The highest BCUT2D eigenvalue weighted by Crippen LogP contribution is 2.38. The summed E-state index contributed by atoms with van der Waals surface area (Å²) in [6.07, 6.45) is 0. The van der Waals surface area contributed by atoms with Crippen molar-refractivity contribution in [1.82, 2.24) is 0 Å². The second-order valence-corrected chi connectivity index (χ2v) is 7.54. The fraction of sp³-hybridized carbons (Fsp3) is 0.0400. The summed E-state index contributed by atoms with van der Waals surface area (Å²) in [6, 6.07) is 28.5. The van der Waals surface area contributed by atoms with Crippen LogP contribution in [0, 0.1) is 0 Å². The van der Waals surface area contributed by atoms with Crippen molar-refractivity contribution >= 4 is 23.1 Å². The molecule has 0 amide bonds. The highest BCUT2D eigenvalue weighted by Gasteiger charge is 2.20. The van der Waals surface area contributed by atoms with Gasteiger partial charge in [0.2, 0.25) is 5.78 Å². The van der Waals surface area contributed by atoms with Crippen LogP contribution in [0.3, 0.4) is 0 Å². The summed E-state index contributed by atoms with van der Waals surface area (Å²) in [4.78, 5) is 26.7. The van der Waals surface area contributed by atoms with Crippen LogP contribution in [0.5, 0.6) is 0 Å². The van der Waals surface area contributed by atoms with E-state index in [1.165, 1.54) is 18.4 Å².